The van der Waals surface area contributed by atoms with Crippen molar-refractivity contribution in [1.29, 1.82) is 0 Å². The van der Waals surface area contributed by atoms with E-state index in [1.54, 1.807) is 6.07 Å². The number of halogens is 2. The van der Waals surface area contributed by atoms with Crippen LogP contribution in [0.5, 0.6) is 0 Å². The molecule has 1 saturated carbocycles. The number of carbonyl (C=O) groups is 1. The predicted molar refractivity (Wildman–Crippen MR) is 68.3 cm³/mol. The molecule has 1 amide bonds. The molecule has 1 fully saturated rings. The second-order valence-corrected chi connectivity index (χ2v) is 5.36. The normalized spacial score (nSPS) is 22.0. The summed E-state index contributed by atoms with van der Waals surface area (Å²) in [6.07, 6.45) is 0.796. The van der Waals surface area contributed by atoms with Gasteiger partial charge >= 0.3 is 0 Å². The summed E-state index contributed by atoms with van der Waals surface area (Å²) in [6, 6.07) is 6.46. The molecule has 0 saturated heterocycles. The van der Waals surface area contributed by atoms with Crippen LogP contribution in [-0.2, 0) is 4.79 Å². The first-order chi connectivity index (χ1) is 8.08. The molecule has 0 radical (unpaired) electrons. The van der Waals surface area contributed by atoms with Gasteiger partial charge in [-0.15, -0.1) is 0 Å². The molecule has 0 bridgehead atoms. The van der Waals surface area contributed by atoms with Gasteiger partial charge in [-0.2, -0.15) is 0 Å². The summed E-state index contributed by atoms with van der Waals surface area (Å²) >= 11 is 3.18. The first kappa shape index (κ1) is 12.3. The average Bonchev–Trinajstić information content (AvgIpc) is 3.05. The highest BCUT2D eigenvalue weighted by atomic mass is 79.9. The van der Waals surface area contributed by atoms with Crippen LogP contribution in [0, 0.1) is 11.7 Å². The molecule has 1 aromatic carbocycles. The summed E-state index contributed by atoms with van der Waals surface area (Å²) in [5.74, 6) is -0.0970. The Kier molecular flexibility index (Phi) is 3.62. The van der Waals surface area contributed by atoms with E-state index in [0.717, 1.165) is 16.5 Å². The van der Waals surface area contributed by atoms with Crippen LogP contribution in [0.15, 0.2) is 35.3 Å². The zero-order chi connectivity index (χ0) is 12.4. The van der Waals surface area contributed by atoms with Crippen LogP contribution in [0.4, 0.5) is 4.39 Å². The Morgan fingerprint density at radius 1 is 1.59 bits per heavy atom. The van der Waals surface area contributed by atoms with Crippen molar-refractivity contribution in [2.24, 2.45) is 5.92 Å². The average molecular weight is 298 g/mol. The lowest BCUT2D eigenvalue weighted by molar-refractivity contribution is -0.122. The van der Waals surface area contributed by atoms with Gasteiger partial charge in [-0.25, -0.2) is 4.39 Å². The van der Waals surface area contributed by atoms with Gasteiger partial charge in [-0.1, -0.05) is 34.6 Å². The Bertz CT molecular complexity index is 460. The number of carbonyl (C=O) groups excluding carboxylic acids is 1. The van der Waals surface area contributed by atoms with E-state index in [4.69, 9.17) is 0 Å². The third kappa shape index (κ3) is 3.16. The summed E-state index contributed by atoms with van der Waals surface area (Å²) in [6.45, 7) is 4.08. The van der Waals surface area contributed by atoms with Crippen LogP contribution in [-0.4, -0.2) is 12.5 Å². The zero-order valence-electron chi connectivity index (χ0n) is 9.25. The molecule has 0 unspecified atom stereocenters. The molecule has 0 aromatic heterocycles. The van der Waals surface area contributed by atoms with Crippen LogP contribution in [0.2, 0.25) is 0 Å². The van der Waals surface area contributed by atoms with Gasteiger partial charge in [-0.05, 0) is 30.0 Å². The summed E-state index contributed by atoms with van der Waals surface area (Å²) in [5.41, 5.74) is 0.905. The second-order valence-electron chi connectivity index (χ2n) is 4.24. The molecule has 1 N–H and O–H groups in total. The molecule has 2 rings (SSSR count). The number of rotatable bonds is 4. The van der Waals surface area contributed by atoms with E-state index in [9.17, 15) is 9.18 Å². The highest BCUT2D eigenvalue weighted by Gasteiger charge is 2.43. The maximum atomic E-state index is 13.0. The van der Waals surface area contributed by atoms with Crippen molar-refractivity contribution >= 4 is 21.8 Å². The van der Waals surface area contributed by atoms with Crippen LogP contribution < -0.4 is 5.32 Å². The fourth-order valence-electron chi connectivity index (χ4n) is 1.90. The minimum absolute atomic E-state index is 0.0138. The smallest absolute Gasteiger partial charge is 0.224 e. The minimum Gasteiger partial charge on any atom is -0.351 e. The summed E-state index contributed by atoms with van der Waals surface area (Å²) in [4.78, 5) is 11.7. The Balaban J connectivity index is 1.92. The first-order valence-electron chi connectivity index (χ1n) is 5.44. The number of amides is 1. The lowest BCUT2D eigenvalue weighted by atomic mass is 10.1. The Morgan fingerprint density at radius 3 is 3.00 bits per heavy atom. The van der Waals surface area contributed by atoms with Crippen molar-refractivity contribution in [3.8, 4) is 0 Å². The van der Waals surface area contributed by atoms with Crippen LogP contribution in [0.3, 0.4) is 0 Å². The molecule has 2 nitrogen and oxygen atoms in total. The van der Waals surface area contributed by atoms with E-state index in [1.165, 1.54) is 12.1 Å². The van der Waals surface area contributed by atoms with Crippen LogP contribution in [0.1, 0.15) is 17.9 Å². The first-order valence-corrected chi connectivity index (χ1v) is 6.23. The monoisotopic (exact) mass is 297 g/mol. The van der Waals surface area contributed by atoms with Crippen LogP contribution >= 0.6 is 15.9 Å². The van der Waals surface area contributed by atoms with Gasteiger partial charge in [0, 0.05) is 16.9 Å². The quantitative estimate of drug-likeness (QED) is 0.910. The van der Waals surface area contributed by atoms with E-state index in [2.05, 4.69) is 27.8 Å². The van der Waals surface area contributed by atoms with Gasteiger partial charge in [0.25, 0.3) is 0 Å². The number of nitrogens with one attached hydrogen (secondary N) is 1. The maximum absolute atomic E-state index is 13.0. The van der Waals surface area contributed by atoms with E-state index in [-0.39, 0.29) is 23.6 Å². The molecule has 2 atom stereocenters. The Labute approximate surface area is 108 Å². The molecule has 0 heterocycles. The van der Waals surface area contributed by atoms with Crippen LogP contribution in [0.25, 0.3) is 0 Å². The lowest BCUT2D eigenvalue weighted by Gasteiger charge is -2.03. The fraction of sp³-hybridized carbons (Fsp3) is 0.308. The van der Waals surface area contributed by atoms with E-state index < -0.39 is 0 Å². The molecule has 0 spiro atoms. The Hall–Kier alpha value is -1.16. The van der Waals surface area contributed by atoms with Gasteiger partial charge in [-0.3, -0.25) is 4.79 Å². The number of hydrogen-bond donors (Lipinski definition) is 1. The number of hydrogen-bond acceptors (Lipinski definition) is 1. The van der Waals surface area contributed by atoms with Crippen molar-refractivity contribution in [3.05, 3.63) is 46.7 Å². The molecule has 0 aliphatic heterocycles. The molecular weight excluding hydrogens is 285 g/mol. The standard InChI is InChI=1S/C13H13BrFNO/c1-8(14)7-16-13(17)12-6-11(12)9-3-2-4-10(15)5-9/h2-5,11-12H,1,6-7H2,(H,16,17)/t11-,12+/m1/s1. The van der Waals surface area contributed by atoms with E-state index in [0.29, 0.717) is 6.54 Å². The highest BCUT2D eigenvalue weighted by Crippen LogP contribution is 2.47. The summed E-state index contributed by atoms with van der Waals surface area (Å²) < 4.78 is 13.8. The van der Waals surface area contributed by atoms with Gasteiger partial charge in [0.05, 0.1) is 0 Å². The summed E-state index contributed by atoms with van der Waals surface area (Å²) in [7, 11) is 0. The third-order valence-electron chi connectivity index (χ3n) is 2.86. The second kappa shape index (κ2) is 5.00. The molecule has 1 aromatic rings. The van der Waals surface area contributed by atoms with Gasteiger partial charge in [0.1, 0.15) is 5.82 Å². The van der Waals surface area contributed by atoms with Crippen molar-refractivity contribution in [1.82, 2.24) is 5.32 Å². The highest BCUT2D eigenvalue weighted by molar-refractivity contribution is 9.11. The van der Waals surface area contributed by atoms with E-state index >= 15 is 0 Å². The van der Waals surface area contributed by atoms with E-state index in [1.807, 2.05) is 6.07 Å². The molecule has 1 aliphatic carbocycles. The largest absolute Gasteiger partial charge is 0.351 e. The molecule has 17 heavy (non-hydrogen) atoms. The minimum atomic E-state index is -0.248. The Morgan fingerprint density at radius 2 is 2.35 bits per heavy atom. The molecule has 90 valence electrons. The zero-order valence-corrected chi connectivity index (χ0v) is 10.8. The number of benzene rings is 1. The van der Waals surface area contributed by atoms with Crippen molar-refractivity contribution in [2.75, 3.05) is 6.54 Å². The molecule has 1 aliphatic rings. The third-order valence-corrected chi connectivity index (χ3v) is 3.14. The predicted octanol–water partition coefficient (Wildman–Crippen LogP) is 2.95. The topological polar surface area (TPSA) is 29.1 Å². The molecular formula is C13H13BrFNO. The lowest BCUT2D eigenvalue weighted by Crippen LogP contribution is -2.26. The van der Waals surface area contributed by atoms with Crippen molar-refractivity contribution < 1.29 is 9.18 Å². The summed E-state index contributed by atoms with van der Waals surface area (Å²) in [5, 5.41) is 2.78. The SMILES string of the molecule is C=C(Br)CNC(=O)[C@H]1C[C@@H]1c1cccc(F)c1. The molecule has 4 heteroatoms. The van der Waals surface area contributed by atoms with Gasteiger partial charge in [0.2, 0.25) is 5.91 Å². The van der Waals surface area contributed by atoms with Gasteiger partial charge in [0.15, 0.2) is 0 Å². The fourth-order valence-corrected chi connectivity index (χ4v) is 2.04. The van der Waals surface area contributed by atoms with Crippen molar-refractivity contribution in [3.63, 3.8) is 0 Å². The maximum Gasteiger partial charge on any atom is 0.224 e. The van der Waals surface area contributed by atoms with Gasteiger partial charge < -0.3 is 5.32 Å². The van der Waals surface area contributed by atoms with Crippen molar-refractivity contribution in [2.45, 2.75) is 12.3 Å².